The van der Waals surface area contributed by atoms with Crippen LogP contribution in [0.15, 0.2) is 5.38 Å². The maximum atomic E-state index is 10.7. The van der Waals surface area contributed by atoms with Gasteiger partial charge < -0.3 is 5.11 Å². The van der Waals surface area contributed by atoms with Gasteiger partial charge in [-0.05, 0) is 31.1 Å². The van der Waals surface area contributed by atoms with Crippen LogP contribution < -0.4 is 0 Å². The minimum atomic E-state index is -0.918. The molecule has 0 radical (unpaired) electrons. The van der Waals surface area contributed by atoms with E-state index in [1.54, 1.807) is 5.38 Å². The van der Waals surface area contributed by atoms with Crippen molar-refractivity contribution in [2.75, 3.05) is 0 Å². The van der Waals surface area contributed by atoms with Crippen LogP contribution in [0.1, 0.15) is 60.9 Å². The second-order valence-electron chi connectivity index (χ2n) is 5.31. The molecule has 1 heterocycles. The van der Waals surface area contributed by atoms with Gasteiger partial charge in [-0.3, -0.25) is 0 Å². The highest BCUT2D eigenvalue weighted by Crippen LogP contribution is 2.42. The Hall–Kier alpha value is -0.900. The van der Waals surface area contributed by atoms with Crippen LogP contribution in [0.4, 0.5) is 0 Å². The smallest absolute Gasteiger partial charge is 0.355 e. The molecule has 0 amide bonds. The van der Waals surface area contributed by atoms with Crippen molar-refractivity contribution in [1.29, 1.82) is 0 Å². The predicted octanol–water partition coefficient (Wildman–Crippen LogP) is 3.53. The summed E-state index contributed by atoms with van der Waals surface area (Å²) in [5.74, 6) is -0.440. The first-order valence-electron chi connectivity index (χ1n) is 5.67. The molecule has 0 atom stereocenters. The molecule has 1 aliphatic rings. The van der Waals surface area contributed by atoms with Crippen LogP contribution >= 0.6 is 11.3 Å². The highest BCUT2D eigenvalue weighted by atomic mass is 32.1. The summed E-state index contributed by atoms with van der Waals surface area (Å²) in [6, 6.07) is 0. The Bertz CT molecular complexity index is 387. The second kappa shape index (κ2) is 4.17. The standard InChI is InChI=1S/C12H17NO2S/c1-12(2)5-3-8(4-6-12)10-13-9(7-16-10)11(14)15/h7-8H,3-6H2,1-2H3,(H,14,15). The van der Waals surface area contributed by atoms with Crippen molar-refractivity contribution in [1.82, 2.24) is 4.98 Å². The van der Waals surface area contributed by atoms with Gasteiger partial charge in [0.1, 0.15) is 0 Å². The summed E-state index contributed by atoms with van der Waals surface area (Å²) < 4.78 is 0. The fourth-order valence-corrected chi connectivity index (χ4v) is 3.18. The van der Waals surface area contributed by atoms with Gasteiger partial charge in [-0.2, -0.15) is 0 Å². The van der Waals surface area contributed by atoms with Gasteiger partial charge in [0.15, 0.2) is 5.69 Å². The molecule has 0 bridgehead atoms. The van der Waals surface area contributed by atoms with E-state index >= 15 is 0 Å². The first kappa shape index (κ1) is 11.6. The Morgan fingerprint density at radius 1 is 1.50 bits per heavy atom. The Kier molecular flexibility index (Phi) is 3.02. The van der Waals surface area contributed by atoms with Gasteiger partial charge in [0.2, 0.25) is 0 Å². The molecule has 0 saturated heterocycles. The molecule has 3 nitrogen and oxygen atoms in total. The molecule has 1 aromatic heterocycles. The van der Waals surface area contributed by atoms with E-state index in [9.17, 15) is 4.79 Å². The predicted molar refractivity (Wildman–Crippen MR) is 64.1 cm³/mol. The fraction of sp³-hybridized carbons (Fsp3) is 0.667. The lowest BCUT2D eigenvalue weighted by Crippen LogP contribution is -2.20. The number of hydrogen-bond acceptors (Lipinski definition) is 3. The monoisotopic (exact) mass is 239 g/mol. The van der Waals surface area contributed by atoms with Gasteiger partial charge in [-0.25, -0.2) is 9.78 Å². The third kappa shape index (κ3) is 2.43. The molecule has 1 aliphatic carbocycles. The summed E-state index contributed by atoms with van der Waals surface area (Å²) >= 11 is 1.49. The highest BCUT2D eigenvalue weighted by Gasteiger charge is 2.29. The van der Waals surface area contributed by atoms with Crippen molar-refractivity contribution in [2.24, 2.45) is 5.41 Å². The summed E-state index contributed by atoms with van der Waals surface area (Å²) in [5.41, 5.74) is 0.647. The van der Waals surface area contributed by atoms with E-state index in [2.05, 4.69) is 18.8 Å². The quantitative estimate of drug-likeness (QED) is 0.859. The van der Waals surface area contributed by atoms with Crippen molar-refractivity contribution < 1.29 is 9.90 Å². The highest BCUT2D eigenvalue weighted by molar-refractivity contribution is 7.09. The van der Waals surface area contributed by atoms with Crippen LogP contribution in [0.3, 0.4) is 0 Å². The largest absolute Gasteiger partial charge is 0.476 e. The maximum absolute atomic E-state index is 10.7. The van der Waals surface area contributed by atoms with Crippen LogP contribution in [-0.4, -0.2) is 16.1 Å². The minimum Gasteiger partial charge on any atom is -0.476 e. The average molecular weight is 239 g/mol. The number of carboxylic acids is 1. The molecule has 1 saturated carbocycles. The normalized spacial score (nSPS) is 20.9. The van der Waals surface area contributed by atoms with E-state index in [1.807, 2.05) is 0 Å². The Morgan fingerprint density at radius 3 is 2.62 bits per heavy atom. The molecule has 1 N–H and O–H groups in total. The summed E-state index contributed by atoms with van der Waals surface area (Å²) in [6.45, 7) is 4.60. The van der Waals surface area contributed by atoms with Crippen molar-refractivity contribution >= 4 is 17.3 Å². The number of rotatable bonds is 2. The van der Waals surface area contributed by atoms with Crippen molar-refractivity contribution in [2.45, 2.75) is 45.4 Å². The summed E-state index contributed by atoms with van der Waals surface area (Å²) in [4.78, 5) is 14.9. The molecule has 0 aromatic carbocycles. The zero-order valence-corrected chi connectivity index (χ0v) is 10.5. The number of aromatic carboxylic acids is 1. The number of aromatic nitrogens is 1. The molecular formula is C12H17NO2S. The van der Waals surface area contributed by atoms with Crippen molar-refractivity contribution in [3.05, 3.63) is 16.1 Å². The topological polar surface area (TPSA) is 50.2 Å². The zero-order valence-electron chi connectivity index (χ0n) is 9.69. The molecule has 2 rings (SSSR count). The number of thiazole rings is 1. The fourth-order valence-electron chi connectivity index (χ4n) is 2.22. The molecular weight excluding hydrogens is 222 g/mol. The van der Waals surface area contributed by atoms with Gasteiger partial charge in [0.25, 0.3) is 0 Å². The Labute approximate surface area is 99.5 Å². The SMILES string of the molecule is CC1(C)CCC(c2nc(C(=O)O)cs2)CC1. The molecule has 88 valence electrons. The van der Waals surface area contributed by atoms with Crippen LogP contribution in [0.5, 0.6) is 0 Å². The van der Waals surface area contributed by atoms with E-state index in [1.165, 1.54) is 24.2 Å². The lowest BCUT2D eigenvalue weighted by Gasteiger charge is -2.33. The van der Waals surface area contributed by atoms with Gasteiger partial charge in [-0.1, -0.05) is 13.8 Å². The first-order chi connectivity index (χ1) is 7.48. The van der Waals surface area contributed by atoms with Crippen LogP contribution in [-0.2, 0) is 0 Å². The van der Waals surface area contributed by atoms with Gasteiger partial charge in [-0.15, -0.1) is 11.3 Å². The van der Waals surface area contributed by atoms with E-state index in [0.29, 0.717) is 11.3 Å². The molecule has 4 heteroatoms. The molecule has 0 spiro atoms. The number of carbonyl (C=O) groups is 1. The van der Waals surface area contributed by atoms with E-state index in [-0.39, 0.29) is 5.69 Å². The molecule has 1 aromatic rings. The van der Waals surface area contributed by atoms with E-state index < -0.39 is 5.97 Å². The lowest BCUT2D eigenvalue weighted by molar-refractivity contribution is 0.0691. The number of carboxylic acid groups (broad SMARTS) is 1. The Morgan fingerprint density at radius 2 is 2.12 bits per heavy atom. The van der Waals surface area contributed by atoms with E-state index in [0.717, 1.165) is 17.8 Å². The van der Waals surface area contributed by atoms with Crippen LogP contribution in [0.25, 0.3) is 0 Å². The third-order valence-electron chi connectivity index (χ3n) is 3.43. The van der Waals surface area contributed by atoms with Crippen LogP contribution in [0.2, 0.25) is 0 Å². The molecule has 1 fully saturated rings. The number of nitrogens with zero attached hydrogens (tertiary/aromatic N) is 1. The van der Waals surface area contributed by atoms with E-state index in [4.69, 9.17) is 5.11 Å². The molecule has 16 heavy (non-hydrogen) atoms. The van der Waals surface area contributed by atoms with Gasteiger partial charge in [0.05, 0.1) is 5.01 Å². The third-order valence-corrected chi connectivity index (χ3v) is 4.44. The van der Waals surface area contributed by atoms with Crippen molar-refractivity contribution in [3.8, 4) is 0 Å². The lowest BCUT2D eigenvalue weighted by atomic mass is 9.73. The van der Waals surface area contributed by atoms with Gasteiger partial charge in [0, 0.05) is 11.3 Å². The molecule has 0 aliphatic heterocycles. The Balaban J connectivity index is 2.05. The summed E-state index contributed by atoms with van der Waals surface area (Å²) in [7, 11) is 0. The van der Waals surface area contributed by atoms with Gasteiger partial charge >= 0.3 is 5.97 Å². The average Bonchev–Trinajstić information content (AvgIpc) is 2.66. The second-order valence-corrected chi connectivity index (χ2v) is 6.20. The number of hydrogen-bond donors (Lipinski definition) is 1. The minimum absolute atomic E-state index is 0.199. The van der Waals surface area contributed by atoms with Crippen LogP contribution in [0, 0.1) is 5.41 Å². The molecule has 0 unspecified atom stereocenters. The van der Waals surface area contributed by atoms with Crippen molar-refractivity contribution in [3.63, 3.8) is 0 Å². The zero-order chi connectivity index (χ0) is 11.8. The first-order valence-corrected chi connectivity index (χ1v) is 6.55. The summed E-state index contributed by atoms with van der Waals surface area (Å²) in [5, 5.41) is 11.5. The maximum Gasteiger partial charge on any atom is 0.355 e. The summed E-state index contributed by atoms with van der Waals surface area (Å²) in [6.07, 6.45) is 4.69.